The van der Waals surface area contributed by atoms with Crippen LogP contribution in [0.2, 0.25) is 0 Å². The van der Waals surface area contributed by atoms with Crippen molar-refractivity contribution in [3.63, 3.8) is 0 Å². The monoisotopic (exact) mass is 177 g/mol. The zero-order valence-electron chi connectivity index (χ0n) is 8.13. The third-order valence-corrected chi connectivity index (χ3v) is 1.20. The highest BCUT2D eigenvalue weighted by molar-refractivity contribution is 4.43. The summed E-state index contributed by atoms with van der Waals surface area (Å²) in [6, 6.07) is 0. The van der Waals surface area contributed by atoms with Crippen LogP contribution in [0.15, 0.2) is 0 Å². The summed E-state index contributed by atoms with van der Waals surface area (Å²) in [6.45, 7) is 8.31. The predicted molar refractivity (Wildman–Crippen MR) is 46.7 cm³/mol. The van der Waals surface area contributed by atoms with Crippen molar-refractivity contribution in [1.29, 1.82) is 0 Å². The van der Waals surface area contributed by atoms with Crippen molar-refractivity contribution in [2.24, 2.45) is 0 Å². The molecular weight excluding hydrogens is 158 g/mol. The summed E-state index contributed by atoms with van der Waals surface area (Å²) >= 11 is 0. The van der Waals surface area contributed by atoms with Gasteiger partial charge in [-0.3, -0.25) is 0 Å². The lowest BCUT2D eigenvalue weighted by atomic mass is 10.6. The molecule has 0 aliphatic rings. The van der Waals surface area contributed by atoms with Crippen molar-refractivity contribution < 1.29 is 14.3 Å². The van der Waals surface area contributed by atoms with Crippen LogP contribution in [0.1, 0.15) is 20.8 Å². The van der Waals surface area contributed by atoms with Gasteiger partial charge >= 0.3 is 0 Å². The minimum atomic E-state index is -0.202. The molecule has 0 aromatic rings. The third kappa shape index (κ3) is 6.54. The third-order valence-electron chi connectivity index (χ3n) is 1.20. The van der Waals surface area contributed by atoms with Gasteiger partial charge in [0.15, 0.2) is 6.29 Å². The quantitative estimate of drug-likeness (QED) is 0.340. The first kappa shape index (κ1) is 11.8. The van der Waals surface area contributed by atoms with Gasteiger partial charge in [-0.05, 0) is 20.8 Å². The normalized spacial score (nSPS) is 11.0. The van der Waals surface area contributed by atoms with Crippen LogP contribution in [0.25, 0.3) is 0 Å². The van der Waals surface area contributed by atoms with Gasteiger partial charge in [-0.2, -0.15) is 5.48 Å². The highest BCUT2D eigenvalue weighted by Gasteiger charge is 2.05. The molecule has 0 atom stereocenters. The number of hydrogen-bond donors (Lipinski definition) is 1. The maximum absolute atomic E-state index is 5.26. The van der Waals surface area contributed by atoms with E-state index in [2.05, 4.69) is 5.48 Å². The smallest absolute Gasteiger partial charge is 0.172 e. The van der Waals surface area contributed by atoms with E-state index in [4.69, 9.17) is 14.3 Å². The number of ether oxygens (including phenoxy) is 2. The fourth-order valence-electron chi connectivity index (χ4n) is 0.767. The van der Waals surface area contributed by atoms with Crippen molar-refractivity contribution >= 4 is 0 Å². The van der Waals surface area contributed by atoms with Crippen LogP contribution in [0, 0.1) is 0 Å². The van der Waals surface area contributed by atoms with Crippen LogP contribution in [0.5, 0.6) is 0 Å². The highest BCUT2D eigenvalue weighted by atomic mass is 16.7. The Kier molecular flexibility index (Phi) is 8.81. The summed E-state index contributed by atoms with van der Waals surface area (Å²) in [4.78, 5) is 4.95. The molecule has 0 aromatic heterocycles. The van der Waals surface area contributed by atoms with E-state index in [0.29, 0.717) is 26.4 Å². The number of hydroxylamine groups is 1. The molecule has 1 N–H and O–H groups in total. The fraction of sp³-hybridized carbons (Fsp3) is 1.00. The first-order chi connectivity index (χ1) is 5.85. The van der Waals surface area contributed by atoms with Gasteiger partial charge in [-0.1, -0.05) is 0 Å². The molecule has 4 nitrogen and oxygen atoms in total. The van der Waals surface area contributed by atoms with E-state index < -0.39 is 0 Å². The van der Waals surface area contributed by atoms with Crippen molar-refractivity contribution in [1.82, 2.24) is 5.48 Å². The Morgan fingerprint density at radius 1 is 1.00 bits per heavy atom. The van der Waals surface area contributed by atoms with Crippen molar-refractivity contribution in [3.8, 4) is 0 Å². The fourth-order valence-corrected chi connectivity index (χ4v) is 0.767. The summed E-state index contributed by atoms with van der Waals surface area (Å²) in [5.74, 6) is 0. The standard InChI is InChI=1S/C8H19NO3/c1-4-10-8(11-5-2)7-9-12-6-3/h8-9H,4-7H2,1-3H3. The Bertz CT molecular complexity index is 84.4. The molecule has 0 rings (SSSR count). The topological polar surface area (TPSA) is 39.7 Å². The second kappa shape index (κ2) is 8.93. The summed E-state index contributed by atoms with van der Waals surface area (Å²) in [5, 5.41) is 0. The lowest BCUT2D eigenvalue weighted by molar-refractivity contribution is -0.148. The molecule has 0 aromatic carbocycles. The van der Waals surface area contributed by atoms with E-state index in [1.807, 2.05) is 20.8 Å². The first-order valence-electron chi connectivity index (χ1n) is 4.42. The molecule has 12 heavy (non-hydrogen) atoms. The summed E-state index contributed by atoms with van der Waals surface area (Å²) in [5.41, 5.74) is 2.75. The second-order valence-corrected chi connectivity index (χ2v) is 2.12. The van der Waals surface area contributed by atoms with Gasteiger partial charge in [0.25, 0.3) is 0 Å². The lowest BCUT2D eigenvalue weighted by Gasteiger charge is -2.16. The lowest BCUT2D eigenvalue weighted by Crippen LogP contribution is -2.31. The molecule has 0 saturated heterocycles. The summed E-state index contributed by atoms with van der Waals surface area (Å²) in [7, 11) is 0. The van der Waals surface area contributed by atoms with Gasteiger partial charge in [0, 0.05) is 13.2 Å². The zero-order chi connectivity index (χ0) is 9.23. The molecule has 0 aliphatic carbocycles. The Hall–Kier alpha value is -0.160. The Morgan fingerprint density at radius 2 is 1.58 bits per heavy atom. The number of hydrogen-bond acceptors (Lipinski definition) is 4. The molecule has 4 heteroatoms. The number of rotatable bonds is 8. The Balaban J connectivity index is 3.34. The SMILES string of the molecule is CCONCC(OCC)OCC. The van der Waals surface area contributed by atoms with Crippen LogP contribution < -0.4 is 5.48 Å². The molecule has 0 saturated carbocycles. The van der Waals surface area contributed by atoms with Crippen LogP contribution in [0.3, 0.4) is 0 Å². The van der Waals surface area contributed by atoms with Gasteiger partial charge in [0.05, 0.1) is 13.2 Å². The maximum Gasteiger partial charge on any atom is 0.172 e. The second-order valence-electron chi connectivity index (χ2n) is 2.12. The molecule has 0 fully saturated rings. The Labute approximate surface area is 74.1 Å². The molecule has 0 bridgehead atoms. The van der Waals surface area contributed by atoms with Gasteiger partial charge in [-0.25, -0.2) is 0 Å². The van der Waals surface area contributed by atoms with Crippen molar-refractivity contribution in [2.45, 2.75) is 27.1 Å². The highest BCUT2D eigenvalue weighted by Crippen LogP contribution is 1.92. The molecular formula is C8H19NO3. The van der Waals surface area contributed by atoms with E-state index in [9.17, 15) is 0 Å². The van der Waals surface area contributed by atoms with Crippen molar-refractivity contribution in [2.75, 3.05) is 26.4 Å². The van der Waals surface area contributed by atoms with Gasteiger partial charge in [0.1, 0.15) is 0 Å². The molecule has 0 amide bonds. The summed E-state index contributed by atoms with van der Waals surface area (Å²) in [6.07, 6.45) is -0.202. The molecule has 0 aliphatic heterocycles. The van der Waals surface area contributed by atoms with Crippen LogP contribution in [-0.4, -0.2) is 32.7 Å². The maximum atomic E-state index is 5.26. The molecule has 74 valence electrons. The van der Waals surface area contributed by atoms with Gasteiger partial charge < -0.3 is 14.3 Å². The van der Waals surface area contributed by atoms with E-state index in [1.165, 1.54) is 0 Å². The first-order valence-corrected chi connectivity index (χ1v) is 4.42. The minimum absolute atomic E-state index is 0.202. The number of nitrogens with one attached hydrogen (secondary N) is 1. The van der Waals surface area contributed by atoms with Crippen molar-refractivity contribution in [3.05, 3.63) is 0 Å². The average Bonchev–Trinajstić information content (AvgIpc) is 2.06. The molecule has 0 unspecified atom stereocenters. The molecule has 0 spiro atoms. The minimum Gasteiger partial charge on any atom is -0.351 e. The van der Waals surface area contributed by atoms with E-state index in [0.717, 1.165) is 0 Å². The molecule has 0 radical (unpaired) electrons. The summed E-state index contributed by atoms with van der Waals surface area (Å²) < 4.78 is 10.5. The predicted octanol–water partition coefficient (Wildman–Crippen LogP) is 0.927. The average molecular weight is 177 g/mol. The van der Waals surface area contributed by atoms with Crippen LogP contribution in [0.4, 0.5) is 0 Å². The van der Waals surface area contributed by atoms with Gasteiger partial charge in [0.2, 0.25) is 0 Å². The van der Waals surface area contributed by atoms with E-state index in [1.54, 1.807) is 0 Å². The zero-order valence-corrected chi connectivity index (χ0v) is 8.13. The Morgan fingerprint density at radius 3 is 2.00 bits per heavy atom. The van der Waals surface area contributed by atoms with E-state index >= 15 is 0 Å². The van der Waals surface area contributed by atoms with Gasteiger partial charge in [-0.15, -0.1) is 0 Å². The van der Waals surface area contributed by atoms with Crippen LogP contribution >= 0.6 is 0 Å². The largest absolute Gasteiger partial charge is 0.351 e. The van der Waals surface area contributed by atoms with E-state index in [-0.39, 0.29) is 6.29 Å². The van der Waals surface area contributed by atoms with Crippen LogP contribution in [-0.2, 0) is 14.3 Å². The molecule has 0 heterocycles.